The molecule has 1 aliphatic heterocycles. The molecule has 2 aromatic rings. The van der Waals surface area contributed by atoms with Crippen LogP contribution in [0.25, 0.3) is 0 Å². The van der Waals surface area contributed by atoms with E-state index in [0.29, 0.717) is 32.8 Å². The van der Waals surface area contributed by atoms with Gasteiger partial charge >= 0.3 is 0 Å². The molecular formula is C21H27N3O4S. The van der Waals surface area contributed by atoms with Gasteiger partial charge in [0.1, 0.15) is 10.6 Å². The topological polar surface area (TPSA) is 91.5 Å². The van der Waals surface area contributed by atoms with Crippen molar-refractivity contribution in [2.45, 2.75) is 36.0 Å². The van der Waals surface area contributed by atoms with Crippen LogP contribution in [-0.2, 0) is 20.2 Å². The predicted octanol–water partition coefficient (Wildman–Crippen LogP) is 2.28. The Morgan fingerprint density at radius 2 is 1.83 bits per heavy atom. The third-order valence-electron chi connectivity index (χ3n) is 6.04. The van der Waals surface area contributed by atoms with Gasteiger partial charge in [-0.2, -0.15) is 4.31 Å². The van der Waals surface area contributed by atoms with Gasteiger partial charge in [0.2, 0.25) is 10.0 Å². The molecular weight excluding hydrogens is 390 g/mol. The molecule has 1 amide bonds. The predicted molar refractivity (Wildman–Crippen MR) is 109 cm³/mol. The quantitative estimate of drug-likeness (QED) is 0.754. The Balaban J connectivity index is 1.45. The van der Waals surface area contributed by atoms with Crippen molar-refractivity contribution in [2.75, 3.05) is 32.8 Å². The number of aromatic nitrogens is 1. The first-order valence-electron chi connectivity index (χ1n) is 10.1. The number of rotatable bonds is 6. The summed E-state index contributed by atoms with van der Waals surface area (Å²) in [7, 11) is -3.62. The lowest BCUT2D eigenvalue weighted by Gasteiger charge is -2.30. The van der Waals surface area contributed by atoms with E-state index in [0.717, 1.165) is 25.7 Å². The molecule has 2 aliphatic rings. The van der Waals surface area contributed by atoms with Crippen molar-refractivity contribution >= 4 is 15.9 Å². The maximum absolute atomic E-state index is 12.7. The van der Waals surface area contributed by atoms with E-state index in [1.165, 1.54) is 22.1 Å². The first kappa shape index (κ1) is 20.1. The van der Waals surface area contributed by atoms with Crippen molar-refractivity contribution in [1.29, 1.82) is 0 Å². The fourth-order valence-corrected chi connectivity index (χ4v) is 5.75. The van der Waals surface area contributed by atoms with Gasteiger partial charge in [-0.25, -0.2) is 8.42 Å². The lowest BCUT2D eigenvalue weighted by molar-refractivity contribution is 0.0730. The first-order chi connectivity index (χ1) is 14.0. The number of benzene rings is 1. The maximum Gasteiger partial charge on any atom is 0.267 e. The highest BCUT2D eigenvalue weighted by Crippen LogP contribution is 2.40. The number of sulfonamides is 1. The first-order valence-corrected chi connectivity index (χ1v) is 11.6. The average molecular weight is 418 g/mol. The molecule has 2 heterocycles. The van der Waals surface area contributed by atoms with E-state index in [-0.39, 0.29) is 21.9 Å². The third kappa shape index (κ3) is 4.10. The van der Waals surface area contributed by atoms with Crippen LogP contribution in [0, 0.1) is 0 Å². The maximum atomic E-state index is 12.7. The average Bonchev–Trinajstić information content (AvgIpc) is 3.44. The van der Waals surface area contributed by atoms with Crippen molar-refractivity contribution in [3.8, 4) is 0 Å². The molecule has 1 saturated heterocycles. The Morgan fingerprint density at radius 1 is 1.14 bits per heavy atom. The molecule has 2 fully saturated rings. The molecule has 0 atom stereocenters. The second-order valence-electron chi connectivity index (χ2n) is 7.80. The Morgan fingerprint density at radius 3 is 2.52 bits per heavy atom. The molecule has 4 rings (SSSR count). The van der Waals surface area contributed by atoms with Crippen LogP contribution in [0.4, 0.5) is 0 Å². The largest absolute Gasteiger partial charge is 0.379 e. The smallest absolute Gasteiger partial charge is 0.267 e. The summed E-state index contributed by atoms with van der Waals surface area (Å²) in [5, 5.41) is 3.03. The molecule has 29 heavy (non-hydrogen) atoms. The SMILES string of the molecule is O=C(NCC1(c2ccccc2)CCCC1)c1cc(S(=O)(=O)N2CCOCC2)c[nH]1. The molecule has 0 radical (unpaired) electrons. The van der Waals surface area contributed by atoms with Gasteiger partial charge in [0.05, 0.1) is 13.2 Å². The van der Waals surface area contributed by atoms with E-state index in [9.17, 15) is 13.2 Å². The number of hydrogen-bond donors (Lipinski definition) is 2. The van der Waals surface area contributed by atoms with E-state index >= 15 is 0 Å². The van der Waals surface area contributed by atoms with E-state index in [4.69, 9.17) is 4.74 Å². The van der Waals surface area contributed by atoms with Crippen LogP contribution in [0.3, 0.4) is 0 Å². The highest BCUT2D eigenvalue weighted by molar-refractivity contribution is 7.89. The lowest BCUT2D eigenvalue weighted by atomic mass is 9.79. The van der Waals surface area contributed by atoms with Crippen LogP contribution in [0.2, 0.25) is 0 Å². The summed E-state index contributed by atoms with van der Waals surface area (Å²) in [4.78, 5) is 15.7. The summed E-state index contributed by atoms with van der Waals surface area (Å²) in [5.41, 5.74) is 1.46. The molecule has 7 nitrogen and oxygen atoms in total. The van der Waals surface area contributed by atoms with Crippen molar-refractivity contribution in [3.63, 3.8) is 0 Å². The number of carbonyl (C=O) groups is 1. The van der Waals surface area contributed by atoms with Gasteiger partial charge in [-0.15, -0.1) is 0 Å². The minimum Gasteiger partial charge on any atom is -0.379 e. The summed E-state index contributed by atoms with van der Waals surface area (Å²) in [6, 6.07) is 11.7. The number of amides is 1. The minimum absolute atomic E-state index is 0.0494. The van der Waals surface area contributed by atoms with Crippen LogP contribution in [0.1, 0.15) is 41.7 Å². The zero-order valence-electron chi connectivity index (χ0n) is 16.4. The number of carbonyl (C=O) groups excluding carboxylic acids is 1. The number of morpholine rings is 1. The van der Waals surface area contributed by atoms with Gasteiger partial charge in [0.15, 0.2) is 0 Å². The molecule has 1 aromatic carbocycles. The summed E-state index contributed by atoms with van der Waals surface area (Å²) in [5.74, 6) is -0.282. The van der Waals surface area contributed by atoms with Gasteiger partial charge in [-0.05, 0) is 24.5 Å². The molecule has 8 heteroatoms. The minimum atomic E-state index is -3.62. The summed E-state index contributed by atoms with van der Waals surface area (Å²) < 4.78 is 32.1. The molecule has 1 aliphatic carbocycles. The van der Waals surface area contributed by atoms with Crippen LogP contribution in [-0.4, -0.2) is 56.5 Å². The second-order valence-corrected chi connectivity index (χ2v) is 9.74. The standard InChI is InChI=1S/C21H27N3O4S/c25-20(23-16-21(8-4-5-9-21)17-6-2-1-3-7-17)19-14-18(15-22-19)29(26,27)24-10-12-28-13-11-24/h1-3,6-7,14-15,22H,4-5,8-13,16H2,(H,23,25). The van der Waals surface area contributed by atoms with E-state index in [2.05, 4.69) is 22.4 Å². The summed E-state index contributed by atoms with van der Waals surface area (Å²) >= 11 is 0. The molecule has 2 N–H and O–H groups in total. The Hall–Kier alpha value is -2.16. The van der Waals surface area contributed by atoms with E-state index in [1.807, 2.05) is 18.2 Å². The van der Waals surface area contributed by atoms with Crippen molar-refractivity contribution in [1.82, 2.24) is 14.6 Å². The molecule has 0 spiro atoms. The van der Waals surface area contributed by atoms with Crippen LogP contribution in [0.15, 0.2) is 47.5 Å². The Labute approximate surface area is 171 Å². The highest BCUT2D eigenvalue weighted by atomic mass is 32.2. The van der Waals surface area contributed by atoms with E-state index in [1.54, 1.807) is 0 Å². The Bertz CT molecular complexity index is 943. The number of hydrogen-bond acceptors (Lipinski definition) is 4. The molecule has 156 valence electrons. The van der Waals surface area contributed by atoms with Gasteiger partial charge in [0, 0.05) is 31.2 Å². The number of nitrogens with one attached hydrogen (secondary N) is 2. The normalized spacial score (nSPS) is 19.9. The zero-order chi connectivity index (χ0) is 20.3. The van der Waals surface area contributed by atoms with Crippen molar-refractivity contribution in [2.24, 2.45) is 0 Å². The van der Waals surface area contributed by atoms with Gasteiger partial charge < -0.3 is 15.0 Å². The fraction of sp³-hybridized carbons (Fsp3) is 0.476. The molecule has 1 saturated carbocycles. The monoisotopic (exact) mass is 417 g/mol. The number of nitrogens with zero attached hydrogens (tertiary/aromatic N) is 1. The summed E-state index contributed by atoms with van der Waals surface area (Å²) in [6.45, 7) is 1.97. The van der Waals surface area contributed by atoms with Crippen LogP contribution >= 0.6 is 0 Å². The number of aromatic amines is 1. The fourth-order valence-electron chi connectivity index (χ4n) is 4.35. The Kier molecular flexibility index (Phi) is 5.76. The molecule has 1 aromatic heterocycles. The van der Waals surface area contributed by atoms with Crippen molar-refractivity contribution in [3.05, 3.63) is 53.9 Å². The van der Waals surface area contributed by atoms with Gasteiger partial charge in [-0.1, -0.05) is 43.2 Å². The van der Waals surface area contributed by atoms with Crippen LogP contribution < -0.4 is 5.32 Å². The third-order valence-corrected chi connectivity index (χ3v) is 7.92. The highest BCUT2D eigenvalue weighted by Gasteiger charge is 2.36. The zero-order valence-corrected chi connectivity index (χ0v) is 17.2. The second kappa shape index (κ2) is 8.30. The van der Waals surface area contributed by atoms with Gasteiger partial charge in [-0.3, -0.25) is 4.79 Å². The van der Waals surface area contributed by atoms with E-state index < -0.39 is 10.0 Å². The van der Waals surface area contributed by atoms with Crippen LogP contribution in [0.5, 0.6) is 0 Å². The summed E-state index contributed by atoms with van der Waals surface area (Å²) in [6.07, 6.45) is 5.77. The number of ether oxygens (including phenoxy) is 1. The molecule has 0 unspecified atom stereocenters. The number of H-pyrrole nitrogens is 1. The van der Waals surface area contributed by atoms with Crippen molar-refractivity contribution < 1.29 is 17.9 Å². The van der Waals surface area contributed by atoms with Gasteiger partial charge in [0.25, 0.3) is 5.91 Å². The lowest BCUT2D eigenvalue weighted by Crippen LogP contribution is -2.40. The molecule has 0 bridgehead atoms.